The summed E-state index contributed by atoms with van der Waals surface area (Å²) < 4.78 is 12.9. The van der Waals surface area contributed by atoms with Crippen molar-refractivity contribution in [3.63, 3.8) is 0 Å². The quantitative estimate of drug-likeness (QED) is 0.759. The maximum Gasteiger partial charge on any atom is 0.261 e. The van der Waals surface area contributed by atoms with Gasteiger partial charge in [-0.25, -0.2) is 4.39 Å². The van der Waals surface area contributed by atoms with E-state index in [1.165, 1.54) is 18.2 Å². The zero-order valence-electron chi connectivity index (χ0n) is 14.2. The highest BCUT2D eigenvalue weighted by Gasteiger charge is 2.24. The summed E-state index contributed by atoms with van der Waals surface area (Å²) in [5.74, 6) is -1.24. The normalized spacial score (nSPS) is 16.0. The Hall–Kier alpha value is -2.96. The monoisotopic (exact) mass is 357 g/mol. The zero-order chi connectivity index (χ0) is 18.7. The second-order valence-corrected chi connectivity index (χ2v) is 6.45. The summed E-state index contributed by atoms with van der Waals surface area (Å²) in [7, 11) is 0. The van der Waals surface area contributed by atoms with Crippen LogP contribution in [0.2, 0.25) is 0 Å². The fraction of sp³-hybridized carbons (Fsp3) is 0.316. The number of aromatic amines is 1. The average Bonchev–Trinajstić information content (AvgIpc) is 2.60. The number of rotatable bonds is 5. The number of hydrogen-bond acceptors (Lipinski definition) is 3. The van der Waals surface area contributed by atoms with Crippen LogP contribution in [-0.2, 0) is 17.6 Å². The van der Waals surface area contributed by atoms with Gasteiger partial charge in [0.2, 0.25) is 5.91 Å². The minimum absolute atomic E-state index is 0.101. The first kappa shape index (κ1) is 17.8. The molecule has 2 aromatic rings. The van der Waals surface area contributed by atoms with Gasteiger partial charge in [0.25, 0.3) is 11.5 Å². The highest BCUT2D eigenvalue weighted by Crippen LogP contribution is 2.28. The molecule has 0 fully saturated rings. The Balaban J connectivity index is 1.70. The largest absolute Gasteiger partial charge is 0.365 e. The van der Waals surface area contributed by atoms with Crippen LogP contribution in [0.5, 0.6) is 0 Å². The van der Waals surface area contributed by atoms with Crippen LogP contribution in [0.25, 0.3) is 0 Å². The van der Waals surface area contributed by atoms with Crippen molar-refractivity contribution in [2.75, 3.05) is 0 Å². The molecular formula is C19H20FN3O3. The second-order valence-electron chi connectivity index (χ2n) is 6.45. The van der Waals surface area contributed by atoms with E-state index < -0.39 is 11.5 Å². The van der Waals surface area contributed by atoms with Crippen molar-refractivity contribution in [3.8, 4) is 0 Å². The first-order valence-electron chi connectivity index (χ1n) is 8.54. The Morgan fingerprint density at radius 2 is 2.00 bits per heavy atom. The number of carbonyl (C=O) groups excluding carboxylic acids is 2. The molecule has 0 aliphatic heterocycles. The number of fused-ring (bicyclic) bond motifs is 1. The Bertz CT molecular complexity index is 890. The Morgan fingerprint density at radius 3 is 2.69 bits per heavy atom. The Labute approximate surface area is 149 Å². The van der Waals surface area contributed by atoms with Crippen LogP contribution in [0, 0.1) is 5.82 Å². The van der Waals surface area contributed by atoms with E-state index in [1.54, 1.807) is 12.1 Å². The van der Waals surface area contributed by atoms with Crippen LogP contribution < -0.4 is 16.6 Å². The third-order valence-electron chi connectivity index (χ3n) is 4.61. The van der Waals surface area contributed by atoms with E-state index in [4.69, 9.17) is 5.73 Å². The van der Waals surface area contributed by atoms with E-state index >= 15 is 0 Å². The van der Waals surface area contributed by atoms with Gasteiger partial charge >= 0.3 is 0 Å². The minimum Gasteiger partial charge on any atom is -0.365 e. The van der Waals surface area contributed by atoms with Crippen LogP contribution in [0.4, 0.5) is 4.39 Å². The molecule has 1 aliphatic carbocycles. The molecule has 0 radical (unpaired) electrons. The van der Waals surface area contributed by atoms with Crippen molar-refractivity contribution >= 4 is 11.8 Å². The van der Waals surface area contributed by atoms with Crippen LogP contribution in [0.3, 0.4) is 0 Å². The summed E-state index contributed by atoms with van der Waals surface area (Å²) in [6.45, 7) is 0. The number of primary amides is 1. The molecular weight excluding hydrogens is 337 g/mol. The maximum atomic E-state index is 12.9. The van der Waals surface area contributed by atoms with Gasteiger partial charge in [-0.2, -0.15) is 0 Å². The fourth-order valence-electron chi connectivity index (χ4n) is 3.25. The molecule has 4 N–H and O–H groups in total. The number of benzene rings is 1. The number of halogens is 1. The van der Waals surface area contributed by atoms with E-state index in [9.17, 15) is 18.8 Å². The molecule has 26 heavy (non-hydrogen) atoms. The number of aryl methyl sites for hydroxylation is 2. The van der Waals surface area contributed by atoms with E-state index in [-0.39, 0.29) is 29.8 Å². The molecule has 1 unspecified atom stereocenters. The third kappa shape index (κ3) is 3.99. The Kier molecular flexibility index (Phi) is 5.16. The molecule has 1 aromatic carbocycles. The van der Waals surface area contributed by atoms with Gasteiger partial charge in [0.1, 0.15) is 11.4 Å². The highest BCUT2D eigenvalue weighted by molar-refractivity contribution is 5.92. The van der Waals surface area contributed by atoms with Crippen LogP contribution >= 0.6 is 0 Å². The van der Waals surface area contributed by atoms with Crippen molar-refractivity contribution in [2.24, 2.45) is 5.73 Å². The second kappa shape index (κ2) is 7.51. The first-order chi connectivity index (χ1) is 12.4. The van der Waals surface area contributed by atoms with E-state index in [2.05, 4.69) is 10.3 Å². The summed E-state index contributed by atoms with van der Waals surface area (Å²) in [5, 5.41) is 2.96. The number of hydrogen-bond donors (Lipinski definition) is 3. The summed E-state index contributed by atoms with van der Waals surface area (Å²) >= 11 is 0. The number of carbonyl (C=O) groups is 2. The lowest BCUT2D eigenvalue weighted by Gasteiger charge is -2.26. The molecule has 7 heteroatoms. The third-order valence-corrected chi connectivity index (χ3v) is 4.61. The molecule has 0 bridgehead atoms. The number of nitrogens with two attached hydrogens (primary N) is 1. The Morgan fingerprint density at radius 1 is 1.27 bits per heavy atom. The van der Waals surface area contributed by atoms with E-state index in [1.807, 2.05) is 0 Å². The number of amides is 2. The predicted molar refractivity (Wildman–Crippen MR) is 94.1 cm³/mol. The number of nitrogens with one attached hydrogen (secondary N) is 2. The summed E-state index contributed by atoms with van der Waals surface area (Å²) in [6, 6.07) is 7.26. The van der Waals surface area contributed by atoms with Gasteiger partial charge in [0.15, 0.2) is 0 Å². The standard InChI is InChI=1S/C19H20FN3O3/c20-12-7-4-11(5-8-12)6-9-17(24)22-15-2-1-3-16-13(15)10-14(18(21)25)19(26)23-16/h4-5,7-8,10,15H,1-3,6,9H2,(H2,21,25)(H,22,24)(H,23,26). The molecule has 0 saturated carbocycles. The van der Waals surface area contributed by atoms with Crippen molar-refractivity contribution < 1.29 is 14.0 Å². The molecule has 1 atom stereocenters. The van der Waals surface area contributed by atoms with Gasteiger partial charge < -0.3 is 16.0 Å². The van der Waals surface area contributed by atoms with Crippen molar-refractivity contribution in [1.29, 1.82) is 0 Å². The predicted octanol–water partition coefficient (Wildman–Crippen LogP) is 1.74. The zero-order valence-corrected chi connectivity index (χ0v) is 14.2. The van der Waals surface area contributed by atoms with Gasteiger partial charge in [0, 0.05) is 12.1 Å². The SMILES string of the molecule is NC(=O)c1cc2c([nH]c1=O)CCCC2NC(=O)CCc1ccc(F)cc1. The van der Waals surface area contributed by atoms with Gasteiger partial charge in [0.05, 0.1) is 6.04 Å². The average molecular weight is 357 g/mol. The number of H-pyrrole nitrogens is 1. The highest BCUT2D eigenvalue weighted by atomic mass is 19.1. The summed E-state index contributed by atoms with van der Waals surface area (Å²) in [6.07, 6.45) is 3.00. The van der Waals surface area contributed by atoms with Crippen LogP contribution in [-0.4, -0.2) is 16.8 Å². The number of pyridine rings is 1. The topological polar surface area (TPSA) is 105 Å². The van der Waals surface area contributed by atoms with Gasteiger partial charge in [-0.1, -0.05) is 12.1 Å². The van der Waals surface area contributed by atoms with Crippen molar-refractivity contribution in [2.45, 2.75) is 38.1 Å². The molecule has 3 rings (SSSR count). The van der Waals surface area contributed by atoms with Crippen molar-refractivity contribution in [1.82, 2.24) is 10.3 Å². The molecule has 1 aliphatic rings. The molecule has 2 amide bonds. The molecule has 1 aromatic heterocycles. The lowest BCUT2D eigenvalue weighted by molar-refractivity contribution is -0.121. The maximum absolute atomic E-state index is 12.9. The van der Waals surface area contributed by atoms with Gasteiger partial charge in [-0.3, -0.25) is 14.4 Å². The first-order valence-corrected chi connectivity index (χ1v) is 8.54. The number of aromatic nitrogens is 1. The van der Waals surface area contributed by atoms with Gasteiger partial charge in [-0.05, 0) is 55.0 Å². The summed E-state index contributed by atoms with van der Waals surface area (Å²) in [4.78, 5) is 38.3. The molecule has 1 heterocycles. The van der Waals surface area contributed by atoms with Crippen LogP contribution in [0.1, 0.15) is 52.5 Å². The van der Waals surface area contributed by atoms with Crippen LogP contribution in [0.15, 0.2) is 35.1 Å². The molecule has 0 saturated heterocycles. The molecule has 6 nitrogen and oxygen atoms in total. The van der Waals surface area contributed by atoms with Crippen molar-refractivity contribution in [3.05, 3.63) is 68.9 Å². The minimum atomic E-state index is -0.791. The molecule has 0 spiro atoms. The smallest absolute Gasteiger partial charge is 0.261 e. The lowest BCUT2D eigenvalue weighted by Crippen LogP contribution is -2.34. The fourth-order valence-corrected chi connectivity index (χ4v) is 3.25. The lowest BCUT2D eigenvalue weighted by atomic mass is 9.90. The summed E-state index contributed by atoms with van der Waals surface area (Å²) in [5.41, 5.74) is 6.99. The van der Waals surface area contributed by atoms with E-state index in [0.717, 1.165) is 29.7 Å². The van der Waals surface area contributed by atoms with Gasteiger partial charge in [-0.15, -0.1) is 0 Å². The van der Waals surface area contributed by atoms with E-state index in [0.29, 0.717) is 12.8 Å². The molecule has 136 valence electrons.